The Morgan fingerprint density at radius 3 is 2.58 bits per heavy atom. The summed E-state index contributed by atoms with van der Waals surface area (Å²) in [4.78, 5) is 22.9. The molecule has 5 heteroatoms. The van der Waals surface area contributed by atoms with Crippen molar-refractivity contribution in [1.82, 2.24) is 15.1 Å². The van der Waals surface area contributed by atoms with Crippen LogP contribution in [-0.2, 0) is 13.0 Å². The monoisotopic (exact) mass is 448 g/mol. The Morgan fingerprint density at radius 1 is 1.09 bits per heavy atom. The van der Waals surface area contributed by atoms with E-state index >= 15 is 0 Å². The molecule has 1 aromatic rings. The van der Waals surface area contributed by atoms with E-state index in [1.807, 2.05) is 12.2 Å². The van der Waals surface area contributed by atoms with Gasteiger partial charge in [0.1, 0.15) is 11.4 Å². The summed E-state index contributed by atoms with van der Waals surface area (Å²) < 4.78 is 0. The van der Waals surface area contributed by atoms with Crippen molar-refractivity contribution in [3.8, 4) is 0 Å². The van der Waals surface area contributed by atoms with Crippen molar-refractivity contribution in [2.75, 3.05) is 19.6 Å². The molecular weight excluding hydrogens is 408 g/mol. The van der Waals surface area contributed by atoms with Gasteiger partial charge in [-0.25, -0.2) is 4.79 Å². The van der Waals surface area contributed by atoms with Crippen molar-refractivity contribution >= 4 is 11.9 Å². The molecule has 0 atom stereocenters. The van der Waals surface area contributed by atoms with Gasteiger partial charge in [-0.2, -0.15) is 0 Å². The van der Waals surface area contributed by atoms with Gasteiger partial charge >= 0.3 is 6.03 Å². The van der Waals surface area contributed by atoms with Crippen LogP contribution in [0.15, 0.2) is 54.6 Å². The molecule has 1 aliphatic carbocycles. The fraction of sp³-hybridized carbons (Fsp3) is 0.571. The van der Waals surface area contributed by atoms with E-state index < -0.39 is 0 Å². The minimum Gasteiger partial charge on any atom is -0.312 e. The SMILES string of the molecule is C=CCCCN1C(=O)NC(=NC2CCCCC2)C12CCN(Cc1cccc(CC=C)c1)CC2. The molecule has 0 radical (unpaired) electrons. The van der Waals surface area contributed by atoms with Crippen LogP contribution in [0.5, 0.6) is 0 Å². The molecule has 1 saturated carbocycles. The summed E-state index contributed by atoms with van der Waals surface area (Å²) in [5.41, 5.74) is 2.40. The van der Waals surface area contributed by atoms with Gasteiger partial charge in [0.15, 0.2) is 0 Å². The number of aliphatic imine (C=N–C) groups is 1. The largest absolute Gasteiger partial charge is 0.323 e. The number of allylic oxidation sites excluding steroid dienone is 2. The molecular formula is C28H40N4O. The number of amidine groups is 1. The normalized spacial score (nSPS) is 22.6. The van der Waals surface area contributed by atoms with E-state index in [4.69, 9.17) is 4.99 Å². The van der Waals surface area contributed by atoms with Crippen LogP contribution in [-0.4, -0.2) is 52.9 Å². The zero-order valence-electron chi connectivity index (χ0n) is 20.1. The molecule has 1 aromatic carbocycles. The molecule has 2 aliphatic heterocycles. The van der Waals surface area contributed by atoms with Crippen LogP contribution < -0.4 is 5.32 Å². The lowest BCUT2D eigenvalue weighted by Crippen LogP contribution is -2.56. The van der Waals surface area contributed by atoms with Crippen LogP contribution in [0, 0.1) is 0 Å². The molecule has 1 spiro atoms. The van der Waals surface area contributed by atoms with E-state index in [1.54, 1.807) is 0 Å². The maximum absolute atomic E-state index is 13.1. The predicted octanol–water partition coefficient (Wildman–Crippen LogP) is 5.47. The molecule has 2 amide bonds. The maximum atomic E-state index is 13.1. The van der Waals surface area contributed by atoms with Crippen molar-refractivity contribution in [2.45, 2.75) is 82.3 Å². The summed E-state index contributed by atoms with van der Waals surface area (Å²) in [5, 5.41) is 3.21. The highest BCUT2D eigenvalue weighted by atomic mass is 16.2. The van der Waals surface area contributed by atoms with Crippen molar-refractivity contribution in [3.05, 3.63) is 60.7 Å². The molecule has 4 rings (SSSR count). The Bertz CT molecular complexity index is 862. The number of carbonyl (C=O) groups excluding carboxylic acids is 1. The number of nitrogens with zero attached hydrogens (tertiary/aromatic N) is 3. The molecule has 178 valence electrons. The fourth-order valence-corrected chi connectivity index (χ4v) is 5.73. The minimum absolute atomic E-state index is 0.0409. The highest BCUT2D eigenvalue weighted by molar-refractivity contribution is 6.10. The Hall–Kier alpha value is -2.40. The predicted molar refractivity (Wildman–Crippen MR) is 137 cm³/mol. The summed E-state index contributed by atoms with van der Waals surface area (Å²) >= 11 is 0. The summed E-state index contributed by atoms with van der Waals surface area (Å²) in [7, 11) is 0. The van der Waals surface area contributed by atoms with Crippen molar-refractivity contribution in [3.63, 3.8) is 0 Å². The Morgan fingerprint density at radius 2 is 1.85 bits per heavy atom. The lowest BCUT2D eigenvalue weighted by Gasteiger charge is -2.44. The molecule has 33 heavy (non-hydrogen) atoms. The number of rotatable bonds is 9. The molecule has 3 aliphatic rings. The second-order valence-corrected chi connectivity index (χ2v) is 9.90. The molecule has 2 saturated heterocycles. The lowest BCUT2D eigenvalue weighted by molar-refractivity contribution is 0.0989. The number of benzene rings is 1. The Labute approximate surface area is 199 Å². The first kappa shape index (κ1) is 23.7. The van der Waals surface area contributed by atoms with Crippen molar-refractivity contribution in [2.24, 2.45) is 4.99 Å². The second kappa shape index (κ2) is 11.1. The van der Waals surface area contributed by atoms with Gasteiger partial charge in [-0.05, 0) is 56.1 Å². The van der Waals surface area contributed by atoms with E-state index in [1.165, 1.54) is 30.4 Å². The van der Waals surface area contributed by atoms with Crippen molar-refractivity contribution < 1.29 is 4.79 Å². The van der Waals surface area contributed by atoms with Crippen LogP contribution in [0.1, 0.15) is 68.9 Å². The number of hydrogen-bond donors (Lipinski definition) is 1. The zero-order valence-corrected chi connectivity index (χ0v) is 20.1. The number of likely N-dealkylation sites (tertiary alicyclic amines) is 1. The van der Waals surface area contributed by atoms with Crippen LogP contribution >= 0.6 is 0 Å². The van der Waals surface area contributed by atoms with E-state index in [0.717, 1.165) is 77.0 Å². The van der Waals surface area contributed by atoms with Gasteiger partial charge in [-0.1, -0.05) is 55.7 Å². The third-order valence-corrected chi connectivity index (χ3v) is 7.57. The van der Waals surface area contributed by atoms with Gasteiger partial charge in [0.2, 0.25) is 0 Å². The smallest absolute Gasteiger partial charge is 0.312 e. The Kier molecular flexibility index (Phi) is 8.02. The number of carbonyl (C=O) groups is 1. The quantitative estimate of drug-likeness (QED) is 0.402. The first-order chi connectivity index (χ1) is 16.1. The van der Waals surface area contributed by atoms with E-state index in [-0.39, 0.29) is 11.6 Å². The number of piperidine rings is 1. The Balaban J connectivity index is 1.49. The van der Waals surface area contributed by atoms with Crippen LogP contribution in [0.25, 0.3) is 0 Å². The summed E-state index contributed by atoms with van der Waals surface area (Å²) in [5.74, 6) is 0.950. The summed E-state index contributed by atoms with van der Waals surface area (Å²) in [6, 6.07) is 9.24. The third-order valence-electron chi connectivity index (χ3n) is 7.57. The number of amides is 2. The first-order valence-corrected chi connectivity index (χ1v) is 12.8. The van der Waals surface area contributed by atoms with E-state index in [2.05, 4.69) is 52.5 Å². The van der Waals surface area contributed by atoms with Crippen LogP contribution in [0.4, 0.5) is 4.79 Å². The second-order valence-electron chi connectivity index (χ2n) is 9.90. The highest BCUT2D eigenvalue weighted by Crippen LogP contribution is 2.36. The topological polar surface area (TPSA) is 47.9 Å². The van der Waals surface area contributed by atoms with Crippen LogP contribution in [0.3, 0.4) is 0 Å². The third kappa shape index (κ3) is 5.57. The number of nitrogens with one attached hydrogen (secondary N) is 1. The summed E-state index contributed by atoms with van der Waals surface area (Å²) in [6.07, 6.45) is 14.7. The van der Waals surface area contributed by atoms with Gasteiger partial charge < -0.3 is 4.90 Å². The molecule has 0 unspecified atom stereocenters. The number of unbranched alkanes of at least 4 members (excludes halogenated alkanes) is 1. The molecule has 0 bridgehead atoms. The molecule has 0 aromatic heterocycles. The highest BCUT2D eigenvalue weighted by Gasteiger charge is 2.52. The minimum atomic E-state index is -0.267. The average molecular weight is 449 g/mol. The maximum Gasteiger partial charge on any atom is 0.323 e. The van der Waals surface area contributed by atoms with Crippen molar-refractivity contribution in [1.29, 1.82) is 0 Å². The standard InChI is InChI=1S/C28H40N4O/c1-3-5-9-18-32-27(33)30-26(29-25-14-7-6-8-15-25)28(32)16-19-31(20-17-28)22-24-13-10-12-23(21-24)11-4-2/h3-4,10,12-13,21,25H,1-2,5-9,11,14-20,22H2,(H,29,30,33). The van der Waals surface area contributed by atoms with Gasteiger partial charge in [0, 0.05) is 26.2 Å². The molecule has 3 fully saturated rings. The van der Waals surface area contributed by atoms with Gasteiger partial charge in [0.25, 0.3) is 0 Å². The molecule has 5 nitrogen and oxygen atoms in total. The number of hydrogen-bond acceptors (Lipinski definition) is 3. The fourth-order valence-electron chi connectivity index (χ4n) is 5.73. The zero-order chi connectivity index (χ0) is 23.1. The van der Waals surface area contributed by atoms with E-state index in [9.17, 15) is 4.79 Å². The van der Waals surface area contributed by atoms with Gasteiger partial charge in [0.05, 0.1) is 6.04 Å². The summed E-state index contributed by atoms with van der Waals surface area (Å²) in [6.45, 7) is 11.4. The van der Waals surface area contributed by atoms with Crippen LogP contribution in [0.2, 0.25) is 0 Å². The van der Waals surface area contributed by atoms with Gasteiger partial charge in [-0.15, -0.1) is 13.2 Å². The molecule has 2 heterocycles. The van der Waals surface area contributed by atoms with E-state index in [0.29, 0.717) is 6.04 Å². The van der Waals surface area contributed by atoms with Gasteiger partial charge in [-0.3, -0.25) is 15.2 Å². The average Bonchev–Trinajstić information content (AvgIpc) is 3.07. The number of urea groups is 1. The molecule has 1 N–H and O–H groups in total. The lowest BCUT2D eigenvalue weighted by atomic mass is 9.84. The first-order valence-electron chi connectivity index (χ1n) is 12.8.